The molecule has 2 rings (SSSR count). The van der Waals surface area contributed by atoms with E-state index in [0.717, 1.165) is 24.2 Å². The van der Waals surface area contributed by atoms with E-state index in [0.29, 0.717) is 13.0 Å². The van der Waals surface area contributed by atoms with E-state index in [9.17, 15) is 4.79 Å². The second-order valence-electron chi connectivity index (χ2n) is 5.62. The summed E-state index contributed by atoms with van der Waals surface area (Å²) in [5, 5.41) is 8.87. The minimum Gasteiger partial charge on any atom is -0.497 e. The van der Waals surface area contributed by atoms with E-state index < -0.39 is 5.97 Å². The molecule has 23 heavy (non-hydrogen) atoms. The molecule has 0 amide bonds. The van der Waals surface area contributed by atoms with Crippen molar-refractivity contribution in [3.8, 4) is 5.75 Å². The number of aliphatic carboxylic acids is 1. The van der Waals surface area contributed by atoms with E-state index >= 15 is 0 Å². The van der Waals surface area contributed by atoms with Gasteiger partial charge in [0, 0.05) is 6.42 Å². The van der Waals surface area contributed by atoms with Crippen LogP contribution in [0.1, 0.15) is 28.7 Å². The average Bonchev–Trinajstić information content (AvgIpc) is 2.54. The standard InChI is InChI=1S/C19H23NO3/c1-23-18-5-2-14(3-6-18)10-17-12-15(4-7-19(21)22)11-16(13-17)8-9-20/h2-3,5-6,11-13H,4,7-10,20H2,1H3,(H,21,22). The first kappa shape index (κ1) is 17.0. The molecule has 0 aliphatic heterocycles. The van der Waals surface area contributed by atoms with Gasteiger partial charge in [-0.25, -0.2) is 0 Å². The predicted molar refractivity (Wildman–Crippen MR) is 91.0 cm³/mol. The summed E-state index contributed by atoms with van der Waals surface area (Å²) in [6.45, 7) is 0.588. The number of ether oxygens (including phenoxy) is 1. The fourth-order valence-corrected chi connectivity index (χ4v) is 2.63. The maximum Gasteiger partial charge on any atom is 0.303 e. The highest BCUT2D eigenvalue weighted by molar-refractivity contribution is 5.67. The smallest absolute Gasteiger partial charge is 0.303 e. The lowest BCUT2D eigenvalue weighted by atomic mass is 9.96. The number of benzene rings is 2. The van der Waals surface area contributed by atoms with Gasteiger partial charge < -0.3 is 15.6 Å². The molecule has 0 unspecified atom stereocenters. The molecule has 2 aromatic rings. The lowest BCUT2D eigenvalue weighted by Gasteiger charge is -2.10. The largest absolute Gasteiger partial charge is 0.497 e. The van der Waals surface area contributed by atoms with Crippen molar-refractivity contribution >= 4 is 5.97 Å². The zero-order valence-electron chi connectivity index (χ0n) is 13.4. The van der Waals surface area contributed by atoms with Gasteiger partial charge >= 0.3 is 5.97 Å². The molecular weight excluding hydrogens is 290 g/mol. The van der Waals surface area contributed by atoms with Gasteiger partial charge in [0.25, 0.3) is 0 Å². The molecule has 4 nitrogen and oxygen atoms in total. The number of carboxylic acid groups (broad SMARTS) is 1. The molecule has 0 fully saturated rings. The normalized spacial score (nSPS) is 10.5. The lowest BCUT2D eigenvalue weighted by molar-refractivity contribution is -0.136. The predicted octanol–water partition coefficient (Wildman–Crippen LogP) is 2.80. The van der Waals surface area contributed by atoms with E-state index in [1.165, 1.54) is 16.7 Å². The van der Waals surface area contributed by atoms with Gasteiger partial charge in [0.2, 0.25) is 0 Å². The Labute approximate surface area is 136 Å². The molecule has 0 atom stereocenters. The summed E-state index contributed by atoms with van der Waals surface area (Å²) in [6.07, 6.45) is 2.30. The first-order valence-corrected chi connectivity index (χ1v) is 7.77. The van der Waals surface area contributed by atoms with Gasteiger partial charge in [0.15, 0.2) is 0 Å². The highest BCUT2D eigenvalue weighted by Gasteiger charge is 2.05. The maximum absolute atomic E-state index is 10.8. The van der Waals surface area contributed by atoms with E-state index in [1.54, 1.807) is 7.11 Å². The Hall–Kier alpha value is -2.33. The van der Waals surface area contributed by atoms with Crippen molar-refractivity contribution in [2.45, 2.75) is 25.7 Å². The Morgan fingerprint density at radius 3 is 2.17 bits per heavy atom. The number of nitrogens with two attached hydrogens (primary N) is 1. The molecule has 0 aliphatic rings. The van der Waals surface area contributed by atoms with E-state index in [1.807, 2.05) is 24.3 Å². The first-order valence-electron chi connectivity index (χ1n) is 7.77. The lowest BCUT2D eigenvalue weighted by Crippen LogP contribution is -2.05. The number of aryl methyl sites for hydroxylation is 1. The van der Waals surface area contributed by atoms with E-state index in [-0.39, 0.29) is 6.42 Å². The van der Waals surface area contributed by atoms with Gasteiger partial charge in [0.05, 0.1) is 7.11 Å². The quantitative estimate of drug-likeness (QED) is 0.786. The molecule has 4 heteroatoms. The third-order valence-corrected chi connectivity index (χ3v) is 3.74. The summed E-state index contributed by atoms with van der Waals surface area (Å²) in [6, 6.07) is 14.3. The van der Waals surface area contributed by atoms with E-state index in [2.05, 4.69) is 18.2 Å². The fraction of sp³-hybridized carbons (Fsp3) is 0.316. The molecule has 0 aliphatic carbocycles. The summed E-state index contributed by atoms with van der Waals surface area (Å²) in [7, 11) is 1.65. The Morgan fingerprint density at radius 2 is 1.61 bits per heavy atom. The van der Waals surface area contributed by atoms with Crippen LogP contribution in [0.3, 0.4) is 0 Å². The zero-order chi connectivity index (χ0) is 16.7. The molecule has 2 aromatic carbocycles. The minimum absolute atomic E-state index is 0.147. The number of carbonyl (C=O) groups is 1. The van der Waals surface area contributed by atoms with Gasteiger partial charge in [0.1, 0.15) is 5.75 Å². The van der Waals surface area contributed by atoms with Crippen LogP contribution < -0.4 is 10.5 Å². The van der Waals surface area contributed by atoms with Crippen molar-refractivity contribution in [3.05, 3.63) is 64.7 Å². The van der Waals surface area contributed by atoms with Gasteiger partial charge in [-0.05, 0) is 60.2 Å². The van der Waals surface area contributed by atoms with Crippen LogP contribution in [0, 0.1) is 0 Å². The van der Waals surface area contributed by atoms with Crippen LogP contribution in [-0.4, -0.2) is 24.7 Å². The molecule has 0 bridgehead atoms. The number of carboxylic acids is 1. The highest BCUT2D eigenvalue weighted by atomic mass is 16.5. The van der Waals surface area contributed by atoms with Gasteiger partial charge in [-0.15, -0.1) is 0 Å². The van der Waals surface area contributed by atoms with Crippen molar-refractivity contribution in [2.75, 3.05) is 13.7 Å². The molecule has 0 saturated carbocycles. The van der Waals surface area contributed by atoms with Crippen LogP contribution in [0.4, 0.5) is 0 Å². The van der Waals surface area contributed by atoms with Crippen molar-refractivity contribution in [1.29, 1.82) is 0 Å². The van der Waals surface area contributed by atoms with Crippen LogP contribution in [0.5, 0.6) is 5.75 Å². The average molecular weight is 313 g/mol. The monoisotopic (exact) mass is 313 g/mol. The topological polar surface area (TPSA) is 72.5 Å². The van der Waals surface area contributed by atoms with Crippen molar-refractivity contribution in [3.63, 3.8) is 0 Å². The summed E-state index contributed by atoms with van der Waals surface area (Å²) >= 11 is 0. The Bertz CT molecular complexity index is 650. The Balaban J connectivity index is 2.19. The fourth-order valence-electron chi connectivity index (χ4n) is 2.63. The third kappa shape index (κ3) is 5.42. The molecule has 0 heterocycles. The summed E-state index contributed by atoms with van der Waals surface area (Å²) in [5.41, 5.74) is 10.3. The second kappa shape index (κ2) is 8.34. The molecule has 3 N–H and O–H groups in total. The second-order valence-corrected chi connectivity index (χ2v) is 5.62. The summed E-state index contributed by atoms with van der Waals surface area (Å²) < 4.78 is 5.17. The van der Waals surface area contributed by atoms with Gasteiger partial charge in [-0.1, -0.05) is 30.3 Å². The van der Waals surface area contributed by atoms with Crippen molar-refractivity contribution < 1.29 is 14.6 Å². The highest BCUT2D eigenvalue weighted by Crippen LogP contribution is 2.18. The molecule has 122 valence electrons. The third-order valence-electron chi connectivity index (χ3n) is 3.74. The summed E-state index contributed by atoms with van der Waals surface area (Å²) in [4.78, 5) is 10.8. The van der Waals surface area contributed by atoms with Gasteiger partial charge in [-0.2, -0.15) is 0 Å². The molecule has 0 spiro atoms. The molecule has 0 radical (unpaired) electrons. The number of hydrogen-bond donors (Lipinski definition) is 2. The SMILES string of the molecule is COc1ccc(Cc2cc(CCN)cc(CCC(=O)O)c2)cc1. The van der Waals surface area contributed by atoms with E-state index in [4.69, 9.17) is 15.6 Å². The minimum atomic E-state index is -0.772. The molecule has 0 saturated heterocycles. The first-order chi connectivity index (χ1) is 11.1. The summed E-state index contributed by atoms with van der Waals surface area (Å²) in [5.74, 6) is 0.0683. The van der Waals surface area contributed by atoms with Crippen LogP contribution in [0.25, 0.3) is 0 Å². The van der Waals surface area contributed by atoms with Crippen LogP contribution >= 0.6 is 0 Å². The van der Waals surface area contributed by atoms with Gasteiger partial charge in [-0.3, -0.25) is 4.79 Å². The zero-order valence-corrected chi connectivity index (χ0v) is 13.4. The van der Waals surface area contributed by atoms with Crippen LogP contribution in [0.2, 0.25) is 0 Å². The molecular formula is C19H23NO3. The number of hydrogen-bond acceptors (Lipinski definition) is 3. The number of methoxy groups -OCH3 is 1. The van der Waals surface area contributed by atoms with Crippen molar-refractivity contribution in [1.82, 2.24) is 0 Å². The maximum atomic E-state index is 10.8. The van der Waals surface area contributed by atoms with Crippen molar-refractivity contribution in [2.24, 2.45) is 5.73 Å². The Kier molecular flexibility index (Phi) is 6.18. The van der Waals surface area contributed by atoms with Crippen LogP contribution in [0.15, 0.2) is 42.5 Å². The molecule has 0 aromatic heterocycles. The van der Waals surface area contributed by atoms with Crippen LogP contribution in [-0.2, 0) is 24.1 Å². The Morgan fingerprint density at radius 1 is 1.00 bits per heavy atom. The number of rotatable bonds is 8.